The van der Waals surface area contributed by atoms with Gasteiger partial charge in [-0.2, -0.15) is 5.10 Å². The molecule has 38 heavy (non-hydrogen) atoms. The molecule has 4 bridgehead atoms. The van der Waals surface area contributed by atoms with Crippen LogP contribution in [0.4, 0.5) is 17.3 Å². The first-order valence-electron chi connectivity index (χ1n) is 12.8. The summed E-state index contributed by atoms with van der Waals surface area (Å²) in [7, 11) is 8.13. The van der Waals surface area contributed by atoms with Crippen LogP contribution in [0.25, 0.3) is 22.5 Å². The highest BCUT2D eigenvalue weighted by atomic mass is 16.5. The normalized spacial score (nSPS) is 15.1. The topological polar surface area (TPSA) is 93.5 Å². The second-order valence-corrected chi connectivity index (χ2v) is 9.78. The van der Waals surface area contributed by atoms with Crippen molar-refractivity contribution in [1.82, 2.24) is 29.6 Å². The number of likely N-dealkylation sites (N-methyl/N-ethyl adjacent to an activating group) is 2. The Hall–Kier alpha value is -4.18. The number of anilines is 3. The smallest absolute Gasteiger partial charge is 0.222 e. The minimum atomic E-state index is -0.0888. The summed E-state index contributed by atoms with van der Waals surface area (Å²) in [6, 6.07) is 12.2. The molecule has 1 aliphatic heterocycles. The van der Waals surface area contributed by atoms with E-state index in [9.17, 15) is 0 Å². The molecule has 1 aromatic carbocycles. The van der Waals surface area contributed by atoms with Crippen LogP contribution in [0.2, 0.25) is 0 Å². The first kappa shape index (κ1) is 25.5. The SMILES string of the molecule is C[C@H]1CCOc2c(cnn2C)-c2nccc(n2)Nc2cc(c(-c3ccc(N(C)CCN(C)C)cc3)cn2)O1. The van der Waals surface area contributed by atoms with Gasteiger partial charge in [0.05, 0.1) is 18.9 Å². The molecular weight excluding hydrogens is 480 g/mol. The van der Waals surface area contributed by atoms with Gasteiger partial charge in [0.25, 0.3) is 0 Å². The van der Waals surface area contributed by atoms with E-state index in [0.717, 1.165) is 35.5 Å². The van der Waals surface area contributed by atoms with Crippen molar-refractivity contribution in [2.45, 2.75) is 19.4 Å². The van der Waals surface area contributed by atoms with Gasteiger partial charge in [-0.25, -0.2) is 19.6 Å². The van der Waals surface area contributed by atoms with Gasteiger partial charge in [-0.1, -0.05) is 12.1 Å². The summed E-state index contributed by atoms with van der Waals surface area (Å²) in [5, 5.41) is 7.64. The highest BCUT2D eigenvalue weighted by Crippen LogP contribution is 2.35. The van der Waals surface area contributed by atoms with Gasteiger partial charge < -0.3 is 24.6 Å². The highest BCUT2D eigenvalue weighted by Gasteiger charge is 2.18. The molecule has 0 saturated heterocycles. The number of ether oxygens (including phenoxy) is 2. The molecule has 3 aromatic heterocycles. The zero-order valence-corrected chi connectivity index (χ0v) is 22.5. The minimum absolute atomic E-state index is 0.0888. The standard InChI is InChI=1S/C28H34N8O2/c1-19-11-15-37-28-23(18-31-36(28)5)27-29-12-10-25(33-27)32-26-16-24(38-19)22(17-30-26)20-6-8-21(9-7-20)35(4)14-13-34(2)3/h6-10,12,16-19H,11,13-15H2,1-5H3,(H,29,30,32,33)/t19-/m0/s1. The number of pyridine rings is 1. The van der Waals surface area contributed by atoms with Crippen LogP contribution in [0.15, 0.2) is 55.0 Å². The largest absolute Gasteiger partial charge is 0.490 e. The second-order valence-electron chi connectivity index (χ2n) is 9.78. The molecule has 0 unspecified atom stereocenters. The number of nitrogens with one attached hydrogen (secondary N) is 1. The molecule has 1 aliphatic rings. The lowest BCUT2D eigenvalue weighted by molar-refractivity contribution is 0.173. The fourth-order valence-corrected chi connectivity index (χ4v) is 4.23. The lowest BCUT2D eigenvalue weighted by atomic mass is 10.1. The van der Waals surface area contributed by atoms with Crippen LogP contribution in [-0.4, -0.2) is 76.6 Å². The van der Waals surface area contributed by atoms with Crippen LogP contribution in [-0.2, 0) is 7.05 Å². The van der Waals surface area contributed by atoms with E-state index < -0.39 is 0 Å². The summed E-state index contributed by atoms with van der Waals surface area (Å²) in [5.74, 6) is 3.16. The molecule has 0 spiro atoms. The Morgan fingerprint density at radius 2 is 1.82 bits per heavy atom. The molecule has 5 rings (SSSR count). The van der Waals surface area contributed by atoms with Gasteiger partial charge >= 0.3 is 0 Å². The summed E-state index contributed by atoms with van der Waals surface area (Å²) in [6.45, 7) is 4.46. The van der Waals surface area contributed by atoms with E-state index in [0.29, 0.717) is 36.4 Å². The van der Waals surface area contributed by atoms with E-state index in [-0.39, 0.29) is 6.10 Å². The quantitative estimate of drug-likeness (QED) is 0.420. The minimum Gasteiger partial charge on any atom is -0.490 e. The van der Waals surface area contributed by atoms with Crippen LogP contribution in [0.1, 0.15) is 13.3 Å². The van der Waals surface area contributed by atoms with E-state index >= 15 is 0 Å². The maximum Gasteiger partial charge on any atom is 0.222 e. The first-order valence-corrected chi connectivity index (χ1v) is 12.8. The van der Waals surface area contributed by atoms with Crippen molar-refractivity contribution in [3.63, 3.8) is 0 Å². The van der Waals surface area contributed by atoms with Gasteiger partial charge in [0, 0.05) is 63.3 Å². The van der Waals surface area contributed by atoms with E-state index in [1.807, 2.05) is 26.2 Å². The molecule has 198 valence electrons. The van der Waals surface area contributed by atoms with Gasteiger partial charge in [-0.05, 0) is 44.8 Å². The second kappa shape index (κ2) is 11.1. The Labute approximate surface area is 223 Å². The number of aromatic nitrogens is 5. The third-order valence-electron chi connectivity index (χ3n) is 6.50. The molecule has 0 fully saturated rings. The summed E-state index contributed by atoms with van der Waals surface area (Å²) in [6.07, 6.45) is 5.87. The van der Waals surface area contributed by atoms with Crippen LogP contribution in [0.5, 0.6) is 11.6 Å². The zero-order valence-electron chi connectivity index (χ0n) is 22.5. The molecule has 1 N–H and O–H groups in total. The van der Waals surface area contributed by atoms with Crippen LogP contribution < -0.4 is 19.7 Å². The molecule has 0 radical (unpaired) electrons. The number of fused-ring (bicyclic) bond motifs is 6. The van der Waals surface area contributed by atoms with E-state index in [2.05, 4.69) is 80.6 Å². The molecule has 10 nitrogen and oxygen atoms in total. The Kier molecular flexibility index (Phi) is 7.41. The van der Waals surface area contributed by atoms with Crippen LogP contribution in [0.3, 0.4) is 0 Å². The number of nitrogens with zero attached hydrogens (tertiary/aromatic N) is 7. The van der Waals surface area contributed by atoms with Crippen LogP contribution in [0, 0.1) is 0 Å². The molecule has 0 aliphatic carbocycles. The number of rotatable bonds is 5. The number of hydrogen-bond donors (Lipinski definition) is 1. The van der Waals surface area contributed by atoms with Crippen molar-refractivity contribution in [1.29, 1.82) is 0 Å². The lowest BCUT2D eigenvalue weighted by Crippen LogP contribution is -2.28. The van der Waals surface area contributed by atoms with Crippen LogP contribution >= 0.6 is 0 Å². The third-order valence-corrected chi connectivity index (χ3v) is 6.50. The van der Waals surface area contributed by atoms with Crippen molar-refractivity contribution in [3.8, 4) is 34.1 Å². The molecule has 0 amide bonds. The highest BCUT2D eigenvalue weighted by molar-refractivity contribution is 5.74. The van der Waals surface area contributed by atoms with Crippen molar-refractivity contribution in [2.24, 2.45) is 7.05 Å². The number of hydrogen-bond acceptors (Lipinski definition) is 9. The van der Waals surface area contributed by atoms with E-state index in [1.54, 1.807) is 23.1 Å². The predicted octanol–water partition coefficient (Wildman–Crippen LogP) is 4.23. The summed E-state index contributed by atoms with van der Waals surface area (Å²) in [5.41, 5.74) is 3.87. The average molecular weight is 515 g/mol. The summed E-state index contributed by atoms with van der Waals surface area (Å²) >= 11 is 0. The third kappa shape index (κ3) is 5.70. The first-order chi connectivity index (χ1) is 18.4. The van der Waals surface area contributed by atoms with Crippen molar-refractivity contribution >= 4 is 17.3 Å². The van der Waals surface area contributed by atoms with E-state index in [4.69, 9.17) is 9.47 Å². The lowest BCUT2D eigenvalue weighted by Gasteiger charge is -2.22. The Morgan fingerprint density at radius 3 is 2.61 bits per heavy atom. The Balaban J connectivity index is 1.45. The van der Waals surface area contributed by atoms with Gasteiger partial charge in [0.2, 0.25) is 5.88 Å². The fourth-order valence-electron chi connectivity index (χ4n) is 4.23. The maximum atomic E-state index is 6.45. The van der Waals surface area contributed by atoms with Gasteiger partial charge in [-0.3, -0.25) is 0 Å². The van der Waals surface area contributed by atoms with Gasteiger partial charge in [0.15, 0.2) is 5.82 Å². The van der Waals surface area contributed by atoms with Crippen molar-refractivity contribution in [2.75, 3.05) is 51.1 Å². The molecule has 4 aromatic rings. The van der Waals surface area contributed by atoms with E-state index in [1.165, 1.54) is 5.69 Å². The Bertz CT molecular complexity index is 1390. The monoisotopic (exact) mass is 514 g/mol. The van der Waals surface area contributed by atoms with Crippen molar-refractivity contribution in [3.05, 3.63) is 55.0 Å². The van der Waals surface area contributed by atoms with Crippen molar-refractivity contribution < 1.29 is 9.47 Å². The summed E-state index contributed by atoms with van der Waals surface area (Å²) in [4.78, 5) is 18.2. The van der Waals surface area contributed by atoms with Gasteiger partial charge in [-0.15, -0.1) is 0 Å². The molecule has 10 heteroatoms. The fraction of sp³-hybridized carbons (Fsp3) is 0.357. The summed E-state index contributed by atoms with van der Waals surface area (Å²) < 4.78 is 14.3. The average Bonchev–Trinajstić information content (AvgIpc) is 3.27. The zero-order chi connectivity index (χ0) is 26.6. The van der Waals surface area contributed by atoms with Gasteiger partial charge in [0.1, 0.15) is 22.9 Å². The maximum absolute atomic E-state index is 6.45. The number of aryl methyl sites for hydroxylation is 1. The molecule has 4 heterocycles. The molecular formula is C28H34N8O2. The molecule has 0 saturated carbocycles. The Morgan fingerprint density at radius 1 is 1.00 bits per heavy atom. The number of benzene rings is 1. The molecule has 1 atom stereocenters. The predicted molar refractivity (Wildman–Crippen MR) is 149 cm³/mol.